The SMILES string of the molecule is CCCNC(=O)CCNc1cccc(NC)n1. The lowest BCUT2D eigenvalue weighted by Crippen LogP contribution is -2.25. The number of carbonyl (C=O) groups is 1. The van der Waals surface area contributed by atoms with Crippen LogP contribution in [0.2, 0.25) is 0 Å². The Labute approximate surface area is 102 Å². The van der Waals surface area contributed by atoms with Crippen LogP contribution in [0.3, 0.4) is 0 Å². The summed E-state index contributed by atoms with van der Waals surface area (Å²) in [5.41, 5.74) is 0. The lowest BCUT2D eigenvalue weighted by molar-refractivity contribution is -0.120. The van der Waals surface area contributed by atoms with Gasteiger partial charge in [0.25, 0.3) is 0 Å². The minimum Gasteiger partial charge on any atom is -0.373 e. The van der Waals surface area contributed by atoms with E-state index in [1.54, 1.807) is 0 Å². The molecule has 0 saturated heterocycles. The molecule has 94 valence electrons. The third kappa shape index (κ3) is 5.19. The molecule has 1 aromatic heterocycles. The van der Waals surface area contributed by atoms with Crippen molar-refractivity contribution < 1.29 is 4.79 Å². The predicted octanol–water partition coefficient (Wildman–Crippen LogP) is 1.45. The molecule has 5 nitrogen and oxygen atoms in total. The minimum atomic E-state index is 0.0733. The van der Waals surface area contributed by atoms with Gasteiger partial charge in [-0.1, -0.05) is 13.0 Å². The van der Waals surface area contributed by atoms with Crippen LogP contribution in [-0.4, -0.2) is 31.0 Å². The van der Waals surface area contributed by atoms with E-state index in [-0.39, 0.29) is 5.91 Å². The van der Waals surface area contributed by atoms with Crippen LogP contribution in [0.4, 0.5) is 11.6 Å². The Balaban J connectivity index is 2.28. The van der Waals surface area contributed by atoms with Crippen molar-refractivity contribution in [2.45, 2.75) is 19.8 Å². The number of rotatable bonds is 7. The standard InChI is InChI=1S/C12H20N4O/c1-3-8-15-12(17)7-9-14-11-6-4-5-10(13-2)16-11/h4-6H,3,7-9H2,1-2H3,(H,15,17)(H2,13,14,16). The molecule has 0 aliphatic heterocycles. The quantitative estimate of drug-likeness (QED) is 0.670. The zero-order valence-electron chi connectivity index (χ0n) is 10.4. The van der Waals surface area contributed by atoms with Crippen molar-refractivity contribution in [3.05, 3.63) is 18.2 Å². The van der Waals surface area contributed by atoms with Gasteiger partial charge in [-0.15, -0.1) is 0 Å². The van der Waals surface area contributed by atoms with E-state index in [0.717, 1.165) is 24.6 Å². The normalized spacial score (nSPS) is 9.76. The Kier molecular flexibility index (Phi) is 5.85. The Hall–Kier alpha value is -1.78. The Bertz CT molecular complexity index is 354. The maximum atomic E-state index is 11.3. The Morgan fingerprint density at radius 1 is 1.29 bits per heavy atom. The van der Waals surface area contributed by atoms with Gasteiger partial charge in [0, 0.05) is 26.6 Å². The van der Waals surface area contributed by atoms with Crippen molar-refractivity contribution in [1.82, 2.24) is 10.3 Å². The van der Waals surface area contributed by atoms with Crippen LogP contribution in [0.15, 0.2) is 18.2 Å². The average Bonchev–Trinajstić information content (AvgIpc) is 2.36. The number of anilines is 2. The highest BCUT2D eigenvalue weighted by molar-refractivity contribution is 5.76. The molecular weight excluding hydrogens is 216 g/mol. The van der Waals surface area contributed by atoms with E-state index in [9.17, 15) is 4.79 Å². The molecule has 0 aliphatic carbocycles. The molecule has 0 saturated carbocycles. The first-order valence-electron chi connectivity index (χ1n) is 5.91. The van der Waals surface area contributed by atoms with Gasteiger partial charge in [0.2, 0.25) is 5.91 Å². The highest BCUT2D eigenvalue weighted by Crippen LogP contribution is 2.07. The molecule has 0 atom stereocenters. The summed E-state index contributed by atoms with van der Waals surface area (Å²) in [5, 5.41) is 8.91. The van der Waals surface area contributed by atoms with Crippen molar-refractivity contribution in [2.75, 3.05) is 30.8 Å². The Morgan fingerprint density at radius 3 is 2.76 bits per heavy atom. The van der Waals surface area contributed by atoms with Crippen molar-refractivity contribution in [1.29, 1.82) is 0 Å². The number of pyridine rings is 1. The molecule has 0 aliphatic rings. The molecular formula is C12H20N4O. The molecule has 0 aromatic carbocycles. The molecule has 1 rings (SSSR count). The van der Waals surface area contributed by atoms with Gasteiger partial charge in [0.15, 0.2) is 0 Å². The number of carbonyl (C=O) groups excluding carboxylic acids is 1. The highest BCUT2D eigenvalue weighted by Gasteiger charge is 2.00. The fourth-order valence-electron chi connectivity index (χ4n) is 1.33. The fraction of sp³-hybridized carbons (Fsp3) is 0.500. The maximum Gasteiger partial charge on any atom is 0.221 e. The molecule has 0 unspecified atom stereocenters. The number of hydrogen-bond donors (Lipinski definition) is 3. The van der Waals surface area contributed by atoms with Crippen LogP contribution < -0.4 is 16.0 Å². The van der Waals surface area contributed by atoms with Gasteiger partial charge >= 0.3 is 0 Å². The van der Waals surface area contributed by atoms with Crippen molar-refractivity contribution in [2.24, 2.45) is 0 Å². The van der Waals surface area contributed by atoms with E-state index >= 15 is 0 Å². The van der Waals surface area contributed by atoms with E-state index in [1.165, 1.54) is 0 Å². The first kappa shape index (κ1) is 13.3. The molecule has 0 radical (unpaired) electrons. The maximum absolute atomic E-state index is 11.3. The van der Waals surface area contributed by atoms with Crippen LogP contribution in [0, 0.1) is 0 Å². The number of amides is 1. The van der Waals surface area contributed by atoms with Crippen LogP contribution >= 0.6 is 0 Å². The first-order chi connectivity index (χ1) is 8.26. The smallest absolute Gasteiger partial charge is 0.221 e. The van der Waals surface area contributed by atoms with E-state index in [4.69, 9.17) is 0 Å². The second-order valence-electron chi connectivity index (χ2n) is 3.68. The van der Waals surface area contributed by atoms with Crippen LogP contribution in [0.25, 0.3) is 0 Å². The predicted molar refractivity (Wildman–Crippen MR) is 70.2 cm³/mol. The summed E-state index contributed by atoms with van der Waals surface area (Å²) in [6, 6.07) is 5.68. The molecule has 0 fully saturated rings. The zero-order valence-corrected chi connectivity index (χ0v) is 10.4. The minimum absolute atomic E-state index is 0.0733. The molecule has 5 heteroatoms. The van der Waals surface area contributed by atoms with Crippen molar-refractivity contribution >= 4 is 17.5 Å². The summed E-state index contributed by atoms with van der Waals surface area (Å²) < 4.78 is 0. The van der Waals surface area contributed by atoms with Crippen LogP contribution in [0.1, 0.15) is 19.8 Å². The summed E-state index contributed by atoms with van der Waals surface area (Å²) in [6.07, 6.45) is 1.43. The van der Waals surface area contributed by atoms with Crippen LogP contribution in [0.5, 0.6) is 0 Å². The average molecular weight is 236 g/mol. The summed E-state index contributed by atoms with van der Waals surface area (Å²) in [4.78, 5) is 15.6. The number of nitrogens with one attached hydrogen (secondary N) is 3. The topological polar surface area (TPSA) is 66.1 Å². The van der Waals surface area contributed by atoms with Gasteiger partial charge in [-0.2, -0.15) is 0 Å². The zero-order chi connectivity index (χ0) is 12.5. The van der Waals surface area contributed by atoms with Gasteiger partial charge in [0.1, 0.15) is 11.6 Å². The van der Waals surface area contributed by atoms with Crippen LogP contribution in [-0.2, 0) is 4.79 Å². The molecule has 17 heavy (non-hydrogen) atoms. The van der Waals surface area contributed by atoms with Gasteiger partial charge in [0.05, 0.1) is 0 Å². The number of hydrogen-bond acceptors (Lipinski definition) is 4. The third-order valence-corrected chi connectivity index (χ3v) is 2.24. The molecule has 1 aromatic rings. The van der Waals surface area contributed by atoms with Gasteiger partial charge < -0.3 is 16.0 Å². The van der Waals surface area contributed by atoms with E-state index in [2.05, 4.69) is 20.9 Å². The molecule has 3 N–H and O–H groups in total. The third-order valence-electron chi connectivity index (χ3n) is 2.24. The van der Waals surface area contributed by atoms with E-state index in [0.29, 0.717) is 13.0 Å². The summed E-state index contributed by atoms with van der Waals surface area (Å²) >= 11 is 0. The lowest BCUT2D eigenvalue weighted by Gasteiger charge is -2.07. The van der Waals surface area contributed by atoms with Crippen molar-refractivity contribution in [3.8, 4) is 0 Å². The Morgan fingerprint density at radius 2 is 2.06 bits per heavy atom. The molecule has 1 heterocycles. The summed E-state index contributed by atoms with van der Waals surface area (Å²) in [6.45, 7) is 3.37. The first-order valence-corrected chi connectivity index (χ1v) is 5.91. The second kappa shape index (κ2) is 7.49. The largest absolute Gasteiger partial charge is 0.373 e. The summed E-state index contributed by atoms with van der Waals surface area (Å²) in [5.74, 6) is 1.66. The molecule has 0 spiro atoms. The van der Waals surface area contributed by atoms with E-state index < -0.39 is 0 Å². The lowest BCUT2D eigenvalue weighted by atomic mass is 10.3. The molecule has 1 amide bonds. The summed E-state index contributed by atoms with van der Waals surface area (Å²) in [7, 11) is 1.82. The van der Waals surface area contributed by atoms with Gasteiger partial charge in [-0.25, -0.2) is 4.98 Å². The fourth-order valence-corrected chi connectivity index (χ4v) is 1.33. The second-order valence-corrected chi connectivity index (χ2v) is 3.68. The molecule has 0 bridgehead atoms. The number of nitrogens with zero attached hydrogens (tertiary/aromatic N) is 1. The monoisotopic (exact) mass is 236 g/mol. The van der Waals surface area contributed by atoms with Gasteiger partial charge in [-0.3, -0.25) is 4.79 Å². The van der Waals surface area contributed by atoms with Gasteiger partial charge in [-0.05, 0) is 18.6 Å². The highest BCUT2D eigenvalue weighted by atomic mass is 16.1. The van der Waals surface area contributed by atoms with Crippen molar-refractivity contribution in [3.63, 3.8) is 0 Å². The number of aromatic nitrogens is 1. The van der Waals surface area contributed by atoms with E-state index in [1.807, 2.05) is 32.2 Å².